The summed E-state index contributed by atoms with van der Waals surface area (Å²) < 4.78 is 5.38. The molecule has 0 spiro atoms. The van der Waals surface area contributed by atoms with Gasteiger partial charge in [0.2, 0.25) is 11.8 Å². The van der Waals surface area contributed by atoms with Gasteiger partial charge in [-0.25, -0.2) is 4.98 Å². The third-order valence-electron chi connectivity index (χ3n) is 5.16. The van der Waals surface area contributed by atoms with E-state index >= 15 is 0 Å². The van der Waals surface area contributed by atoms with Crippen molar-refractivity contribution in [3.8, 4) is 0 Å². The molecule has 0 aliphatic carbocycles. The van der Waals surface area contributed by atoms with Gasteiger partial charge >= 0.3 is 0 Å². The molecule has 1 atom stereocenters. The first-order chi connectivity index (χ1) is 15.2. The van der Waals surface area contributed by atoms with Crippen LogP contribution in [0.15, 0.2) is 40.3 Å². The molecule has 0 bridgehead atoms. The standard InChI is InChI=1S/C25H33N3O3S/c1-16(2)13-28(14-17(3)4)25(30)22(11-21-15-32-18(5)27-21)24(29)26-12-19-6-7-23-20(10-19)8-9-31-23/h6-10,15-17,22H,11-14H2,1-5H3,(H,26,29). The Hall–Kier alpha value is -2.67. The molecule has 1 N–H and O–H groups in total. The highest BCUT2D eigenvalue weighted by molar-refractivity contribution is 7.09. The second-order valence-corrected chi connectivity index (χ2v) is 10.2. The number of hydrogen-bond donors (Lipinski definition) is 1. The summed E-state index contributed by atoms with van der Waals surface area (Å²) in [5.41, 5.74) is 2.56. The lowest BCUT2D eigenvalue weighted by molar-refractivity contribution is -0.143. The Balaban J connectivity index is 1.77. The van der Waals surface area contributed by atoms with Crippen molar-refractivity contribution in [2.45, 2.75) is 47.6 Å². The molecule has 0 aliphatic rings. The Labute approximate surface area is 194 Å². The van der Waals surface area contributed by atoms with Crippen LogP contribution in [0.5, 0.6) is 0 Å². The van der Waals surface area contributed by atoms with Crippen LogP contribution in [-0.4, -0.2) is 34.8 Å². The Morgan fingerprint density at radius 2 is 1.84 bits per heavy atom. The van der Waals surface area contributed by atoms with Gasteiger partial charge in [-0.05, 0) is 42.5 Å². The highest BCUT2D eigenvalue weighted by atomic mass is 32.1. The fourth-order valence-corrected chi connectivity index (χ4v) is 4.42. The number of furan rings is 1. The van der Waals surface area contributed by atoms with Gasteiger partial charge in [0.15, 0.2) is 0 Å². The number of benzene rings is 1. The maximum absolute atomic E-state index is 13.5. The summed E-state index contributed by atoms with van der Waals surface area (Å²) in [6, 6.07) is 7.71. The molecular weight excluding hydrogens is 422 g/mol. The zero-order valence-electron chi connectivity index (χ0n) is 19.6. The zero-order valence-corrected chi connectivity index (χ0v) is 20.4. The molecule has 6 nitrogen and oxygen atoms in total. The Bertz CT molecular complexity index is 1040. The molecule has 0 radical (unpaired) electrons. The van der Waals surface area contributed by atoms with Crippen LogP contribution >= 0.6 is 11.3 Å². The van der Waals surface area contributed by atoms with Crippen LogP contribution in [0.3, 0.4) is 0 Å². The van der Waals surface area contributed by atoms with Crippen LogP contribution in [0.1, 0.15) is 44.0 Å². The van der Waals surface area contributed by atoms with Gasteiger partial charge < -0.3 is 14.6 Å². The van der Waals surface area contributed by atoms with E-state index in [0.29, 0.717) is 37.9 Å². The topological polar surface area (TPSA) is 75.4 Å². The number of fused-ring (bicyclic) bond motifs is 1. The highest BCUT2D eigenvalue weighted by Crippen LogP contribution is 2.19. The van der Waals surface area contributed by atoms with Crippen molar-refractivity contribution in [1.29, 1.82) is 0 Å². The Kier molecular flexibility index (Phi) is 8.07. The lowest BCUT2D eigenvalue weighted by Gasteiger charge is -2.29. The molecule has 3 rings (SSSR count). The average molecular weight is 456 g/mol. The summed E-state index contributed by atoms with van der Waals surface area (Å²) in [6.07, 6.45) is 1.96. The van der Waals surface area contributed by atoms with Crippen LogP contribution in [0.25, 0.3) is 11.0 Å². The molecule has 2 amide bonds. The third kappa shape index (κ3) is 6.42. The van der Waals surface area contributed by atoms with Crippen LogP contribution in [-0.2, 0) is 22.6 Å². The molecule has 1 unspecified atom stereocenters. The minimum Gasteiger partial charge on any atom is -0.464 e. The van der Waals surface area contributed by atoms with E-state index in [1.165, 1.54) is 11.3 Å². The highest BCUT2D eigenvalue weighted by Gasteiger charge is 2.32. The van der Waals surface area contributed by atoms with Crippen molar-refractivity contribution < 1.29 is 14.0 Å². The fourth-order valence-electron chi connectivity index (χ4n) is 3.80. The van der Waals surface area contributed by atoms with E-state index in [9.17, 15) is 9.59 Å². The van der Waals surface area contributed by atoms with Gasteiger partial charge in [0.05, 0.1) is 17.0 Å². The van der Waals surface area contributed by atoms with Crippen molar-refractivity contribution in [3.05, 3.63) is 52.2 Å². The van der Waals surface area contributed by atoms with E-state index in [1.807, 2.05) is 41.5 Å². The number of nitrogens with one attached hydrogen (secondary N) is 1. The van der Waals surface area contributed by atoms with Gasteiger partial charge in [-0.3, -0.25) is 9.59 Å². The lowest BCUT2D eigenvalue weighted by atomic mass is 9.99. The first-order valence-corrected chi connectivity index (χ1v) is 12.0. The number of carbonyl (C=O) groups is 2. The maximum Gasteiger partial charge on any atom is 0.235 e. The van der Waals surface area contributed by atoms with Crippen molar-refractivity contribution in [1.82, 2.24) is 15.2 Å². The number of hydrogen-bond acceptors (Lipinski definition) is 5. The lowest BCUT2D eigenvalue weighted by Crippen LogP contribution is -2.47. The third-order valence-corrected chi connectivity index (χ3v) is 5.98. The van der Waals surface area contributed by atoms with E-state index in [4.69, 9.17) is 4.42 Å². The number of rotatable bonds is 10. The van der Waals surface area contributed by atoms with Gasteiger partial charge in [0, 0.05) is 36.8 Å². The molecule has 0 saturated heterocycles. The molecule has 7 heteroatoms. The number of aromatic nitrogens is 1. The molecule has 0 aliphatic heterocycles. The Morgan fingerprint density at radius 3 is 2.47 bits per heavy atom. The van der Waals surface area contributed by atoms with Gasteiger partial charge in [-0.2, -0.15) is 0 Å². The molecule has 0 saturated carbocycles. The molecule has 2 heterocycles. The summed E-state index contributed by atoms with van der Waals surface area (Å²) in [5, 5.41) is 6.84. The fraction of sp³-hybridized carbons (Fsp3) is 0.480. The predicted molar refractivity (Wildman–Crippen MR) is 128 cm³/mol. The summed E-state index contributed by atoms with van der Waals surface area (Å²) in [7, 11) is 0. The van der Waals surface area contributed by atoms with Crippen molar-refractivity contribution in [2.75, 3.05) is 13.1 Å². The minimum absolute atomic E-state index is 0.124. The van der Waals surface area contributed by atoms with Crippen molar-refractivity contribution in [3.63, 3.8) is 0 Å². The normalized spacial score (nSPS) is 12.5. The van der Waals surface area contributed by atoms with Crippen molar-refractivity contribution >= 4 is 34.1 Å². The Morgan fingerprint density at radius 1 is 1.12 bits per heavy atom. The second kappa shape index (κ2) is 10.8. The van der Waals surface area contributed by atoms with E-state index in [1.54, 1.807) is 6.26 Å². The molecule has 2 aromatic heterocycles. The molecule has 1 aromatic carbocycles. The molecule has 0 fully saturated rings. The quantitative estimate of drug-likeness (QED) is 0.445. The number of aryl methyl sites for hydroxylation is 1. The molecular formula is C25H33N3O3S. The van der Waals surface area contributed by atoms with Crippen molar-refractivity contribution in [2.24, 2.45) is 17.8 Å². The van der Waals surface area contributed by atoms with Gasteiger partial charge in [0.1, 0.15) is 11.5 Å². The number of thiazole rings is 1. The maximum atomic E-state index is 13.5. The number of carbonyl (C=O) groups excluding carboxylic acids is 2. The smallest absolute Gasteiger partial charge is 0.235 e. The summed E-state index contributed by atoms with van der Waals surface area (Å²) in [4.78, 5) is 33.1. The van der Waals surface area contributed by atoms with Gasteiger partial charge in [-0.15, -0.1) is 11.3 Å². The second-order valence-electron chi connectivity index (χ2n) is 9.16. The predicted octanol–water partition coefficient (Wildman–Crippen LogP) is 4.81. The van der Waals surface area contributed by atoms with Crippen LogP contribution in [0, 0.1) is 24.7 Å². The van der Waals surface area contributed by atoms with E-state index in [2.05, 4.69) is 38.0 Å². The van der Waals surface area contributed by atoms with E-state index < -0.39 is 5.92 Å². The molecule has 172 valence electrons. The average Bonchev–Trinajstić information content (AvgIpc) is 3.36. The first-order valence-electron chi connectivity index (χ1n) is 11.2. The van der Waals surface area contributed by atoms with Crippen LogP contribution < -0.4 is 5.32 Å². The molecule has 3 aromatic rings. The van der Waals surface area contributed by atoms with E-state index in [0.717, 1.165) is 27.2 Å². The van der Waals surface area contributed by atoms with Gasteiger partial charge in [0.25, 0.3) is 0 Å². The summed E-state index contributed by atoms with van der Waals surface area (Å²) in [6.45, 7) is 11.9. The summed E-state index contributed by atoms with van der Waals surface area (Å²) >= 11 is 1.54. The zero-order chi connectivity index (χ0) is 23.3. The van der Waals surface area contributed by atoms with E-state index in [-0.39, 0.29) is 11.8 Å². The number of amides is 2. The summed E-state index contributed by atoms with van der Waals surface area (Å²) in [5.74, 6) is -0.535. The molecule has 32 heavy (non-hydrogen) atoms. The van der Waals surface area contributed by atoms with Crippen LogP contribution in [0.4, 0.5) is 0 Å². The monoisotopic (exact) mass is 455 g/mol. The van der Waals surface area contributed by atoms with Crippen LogP contribution in [0.2, 0.25) is 0 Å². The minimum atomic E-state index is -0.799. The first kappa shape index (κ1) is 24.0. The largest absolute Gasteiger partial charge is 0.464 e. The SMILES string of the molecule is Cc1nc(CC(C(=O)NCc2ccc3occc3c2)C(=O)N(CC(C)C)CC(C)C)cs1. The number of nitrogens with zero attached hydrogens (tertiary/aromatic N) is 2. The van der Waals surface area contributed by atoms with Gasteiger partial charge in [-0.1, -0.05) is 33.8 Å².